The highest BCUT2D eigenvalue weighted by Gasteiger charge is 2.17. The van der Waals surface area contributed by atoms with E-state index >= 15 is 0 Å². The van der Waals surface area contributed by atoms with E-state index in [-0.39, 0.29) is 0 Å². The number of fused-ring (bicyclic) bond motifs is 1. The van der Waals surface area contributed by atoms with Crippen LogP contribution < -0.4 is 4.90 Å². The minimum absolute atomic E-state index is 1.03. The van der Waals surface area contributed by atoms with Crippen LogP contribution in [0.25, 0.3) is 0 Å². The maximum absolute atomic E-state index is 4.90. The molecule has 0 amide bonds. The highest BCUT2D eigenvalue weighted by molar-refractivity contribution is 6.00. The number of nitrogens with zero attached hydrogens (tertiary/aromatic N) is 2. The highest BCUT2D eigenvalue weighted by Crippen LogP contribution is 2.28. The van der Waals surface area contributed by atoms with Gasteiger partial charge < -0.3 is 4.90 Å². The molecule has 0 aromatic heterocycles. The Morgan fingerprint density at radius 3 is 2.55 bits per heavy atom. The number of amidine groups is 1. The summed E-state index contributed by atoms with van der Waals surface area (Å²) in [6.07, 6.45) is 3.32. The van der Waals surface area contributed by atoms with Crippen LogP contribution in [0.2, 0.25) is 0 Å². The molecule has 0 bridgehead atoms. The third-order valence-electron chi connectivity index (χ3n) is 3.95. The van der Waals surface area contributed by atoms with Crippen molar-refractivity contribution in [1.29, 1.82) is 0 Å². The molecule has 1 aliphatic heterocycles. The van der Waals surface area contributed by atoms with Gasteiger partial charge in [-0.25, -0.2) is 4.99 Å². The Morgan fingerprint density at radius 1 is 0.950 bits per heavy atom. The number of hydrogen-bond donors (Lipinski definition) is 0. The van der Waals surface area contributed by atoms with Gasteiger partial charge in [0.1, 0.15) is 5.84 Å². The Kier molecular flexibility index (Phi) is 3.55. The summed E-state index contributed by atoms with van der Waals surface area (Å²) in [7, 11) is 2.13. The van der Waals surface area contributed by atoms with Crippen molar-refractivity contribution in [2.24, 2.45) is 4.99 Å². The molecule has 0 saturated heterocycles. The lowest BCUT2D eigenvalue weighted by molar-refractivity contribution is 0.876. The second-order valence-electron chi connectivity index (χ2n) is 5.36. The first kappa shape index (κ1) is 12.9. The lowest BCUT2D eigenvalue weighted by atomic mass is 10.1. The van der Waals surface area contributed by atoms with E-state index in [4.69, 9.17) is 4.99 Å². The molecule has 102 valence electrons. The third-order valence-corrected chi connectivity index (χ3v) is 3.95. The molecule has 0 saturated carbocycles. The van der Waals surface area contributed by atoms with Crippen LogP contribution in [-0.4, -0.2) is 12.9 Å². The number of rotatable bonds is 1. The summed E-state index contributed by atoms with van der Waals surface area (Å²) in [6, 6.07) is 17.0. The number of benzene rings is 2. The van der Waals surface area contributed by atoms with Crippen LogP contribution in [0, 0.1) is 6.92 Å². The van der Waals surface area contributed by atoms with Crippen molar-refractivity contribution in [3.05, 3.63) is 59.7 Å². The fourth-order valence-electron chi connectivity index (χ4n) is 2.75. The zero-order valence-electron chi connectivity index (χ0n) is 12.1. The van der Waals surface area contributed by atoms with Gasteiger partial charge in [-0.2, -0.15) is 0 Å². The van der Waals surface area contributed by atoms with Crippen molar-refractivity contribution >= 4 is 17.2 Å². The zero-order valence-corrected chi connectivity index (χ0v) is 12.1. The van der Waals surface area contributed by atoms with Crippen molar-refractivity contribution < 1.29 is 0 Å². The summed E-state index contributed by atoms with van der Waals surface area (Å²) >= 11 is 0. The van der Waals surface area contributed by atoms with Gasteiger partial charge in [0.25, 0.3) is 0 Å². The third kappa shape index (κ3) is 2.46. The van der Waals surface area contributed by atoms with Gasteiger partial charge in [0.05, 0.1) is 5.69 Å². The molecular weight excluding hydrogens is 244 g/mol. The summed E-state index contributed by atoms with van der Waals surface area (Å²) in [5, 5.41) is 0. The van der Waals surface area contributed by atoms with Gasteiger partial charge in [-0.15, -0.1) is 0 Å². The van der Waals surface area contributed by atoms with E-state index < -0.39 is 0 Å². The van der Waals surface area contributed by atoms with E-state index in [1.54, 1.807) is 0 Å². The molecule has 1 aliphatic rings. The predicted octanol–water partition coefficient (Wildman–Crippen LogP) is 4.50. The monoisotopic (exact) mass is 264 g/mol. The largest absolute Gasteiger partial charge is 0.333 e. The van der Waals surface area contributed by atoms with Crippen LogP contribution in [0.5, 0.6) is 0 Å². The smallest absolute Gasteiger partial charge is 0.109 e. The van der Waals surface area contributed by atoms with Crippen molar-refractivity contribution in [3.63, 3.8) is 0 Å². The summed E-state index contributed by atoms with van der Waals surface area (Å²) < 4.78 is 0. The topological polar surface area (TPSA) is 15.6 Å². The Labute approximate surface area is 120 Å². The quantitative estimate of drug-likeness (QED) is 0.740. The summed E-state index contributed by atoms with van der Waals surface area (Å²) in [5.41, 5.74) is 5.02. The number of anilines is 1. The van der Waals surface area contributed by atoms with Gasteiger partial charge >= 0.3 is 0 Å². The second kappa shape index (κ2) is 5.49. The number of aliphatic imine (C=N–C) groups is 1. The van der Waals surface area contributed by atoms with Crippen LogP contribution in [0.15, 0.2) is 53.5 Å². The molecule has 0 atom stereocenters. The van der Waals surface area contributed by atoms with E-state index in [0.29, 0.717) is 0 Å². The number of para-hydroxylation sites is 2. The van der Waals surface area contributed by atoms with Gasteiger partial charge in [-0.1, -0.05) is 36.4 Å². The molecule has 0 N–H and O–H groups in total. The van der Waals surface area contributed by atoms with E-state index in [1.807, 2.05) is 0 Å². The van der Waals surface area contributed by atoms with E-state index in [9.17, 15) is 0 Å². The first-order valence-electron chi connectivity index (χ1n) is 7.20. The molecule has 2 aromatic carbocycles. The van der Waals surface area contributed by atoms with Gasteiger partial charge in [0.15, 0.2) is 0 Å². The fraction of sp³-hybridized carbons (Fsp3) is 0.278. The normalized spacial score (nSPS) is 16.9. The van der Waals surface area contributed by atoms with Gasteiger partial charge in [-0.05, 0) is 43.0 Å². The molecule has 0 aliphatic carbocycles. The van der Waals surface area contributed by atoms with Crippen LogP contribution in [0.3, 0.4) is 0 Å². The zero-order chi connectivity index (χ0) is 13.9. The minimum atomic E-state index is 1.03. The fourth-order valence-corrected chi connectivity index (χ4v) is 2.75. The van der Waals surface area contributed by atoms with Crippen molar-refractivity contribution in [2.45, 2.75) is 26.2 Å². The summed E-state index contributed by atoms with van der Waals surface area (Å²) in [5.74, 6) is 1.16. The highest BCUT2D eigenvalue weighted by atomic mass is 15.2. The summed E-state index contributed by atoms with van der Waals surface area (Å²) in [6.45, 7) is 2.12. The van der Waals surface area contributed by atoms with Gasteiger partial charge in [-0.3, -0.25) is 0 Å². The molecule has 0 unspecified atom stereocenters. The first-order chi connectivity index (χ1) is 9.75. The van der Waals surface area contributed by atoms with Gasteiger partial charge in [0, 0.05) is 19.2 Å². The van der Waals surface area contributed by atoms with E-state index in [2.05, 4.69) is 67.4 Å². The Balaban J connectivity index is 2.01. The van der Waals surface area contributed by atoms with Crippen LogP contribution >= 0.6 is 0 Å². The van der Waals surface area contributed by atoms with Crippen LogP contribution in [-0.2, 0) is 6.42 Å². The SMILES string of the molecule is Cc1ccccc1N=C1CCCc2ccccc2N1C. The average Bonchev–Trinajstić information content (AvgIpc) is 2.62. The molecule has 2 aromatic rings. The second-order valence-corrected chi connectivity index (χ2v) is 5.36. The molecule has 0 spiro atoms. The number of aryl methyl sites for hydroxylation is 2. The molecule has 0 radical (unpaired) electrons. The molecule has 3 rings (SSSR count). The lowest BCUT2D eigenvalue weighted by Gasteiger charge is -2.21. The van der Waals surface area contributed by atoms with E-state index in [1.165, 1.54) is 16.8 Å². The molecule has 0 fully saturated rings. The van der Waals surface area contributed by atoms with Crippen LogP contribution in [0.1, 0.15) is 24.0 Å². The summed E-state index contributed by atoms with van der Waals surface area (Å²) in [4.78, 5) is 7.14. The maximum atomic E-state index is 4.90. The standard InChI is InChI=1S/C18H20N2/c1-14-8-3-5-11-16(14)19-18-13-7-10-15-9-4-6-12-17(15)20(18)2/h3-6,8-9,11-12H,7,10,13H2,1-2H3. The molecule has 1 heterocycles. The average molecular weight is 264 g/mol. The van der Waals surface area contributed by atoms with Crippen molar-refractivity contribution in [3.8, 4) is 0 Å². The van der Waals surface area contributed by atoms with Crippen LogP contribution in [0.4, 0.5) is 11.4 Å². The molecule has 2 nitrogen and oxygen atoms in total. The minimum Gasteiger partial charge on any atom is -0.333 e. The predicted molar refractivity (Wildman–Crippen MR) is 86.1 cm³/mol. The number of hydrogen-bond acceptors (Lipinski definition) is 1. The van der Waals surface area contributed by atoms with Gasteiger partial charge in [0.2, 0.25) is 0 Å². The molecule has 20 heavy (non-hydrogen) atoms. The van der Waals surface area contributed by atoms with Crippen molar-refractivity contribution in [2.75, 3.05) is 11.9 Å². The maximum Gasteiger partial charge on any atom is 0.109 e. The Morgan fingerprint density at radius 2 is 1.70 bits per heavy atom. The Bertz CT molecular complexity index is 643. The lowest BCUT2D eigenvalue weighted by Crippen LogP contribution is -2.25. The Hall–Kier alpha value is -2.09. The molecule has 2 heteroatoms. The van der Waals surface area contributed by atoms with E-state index in [0.717, 1.165) is 30.8 Å². The van der Waals surface area contributed by atoms with Crippen molar-refractivity contribution in [1.82, 2.24) is 0 Å². The first-order valence-corrected chi connectivity index (χ1v) is 7.20. The molecular formula is C18H20N2.